The van der Waals surface area contributed by atoms with E-state index in [1.807, 2.05) is 50.8 Å². The van der Waals surface area contributed by atoms with Crippen molar-refractivity contribution in [1.29, 1.82) is 0 Å². The Hall–Kier alpha value is -4.58. The molecule has 0 spiro atoms. The number of aryl methyl sites for hydroxylation is 2. The molecule has 2 atom stereocenters. The Balaban J connectivity index is 1.35. The lowest BCUT2D eigenvalue weighted by atomic mass is 9.41. The van der Waals surface area contributed by atoms with Gasteiger partial charge in [-0.15, -0.1) is 0 Å². The molecular weight excluding hydrogens is 653 g/mol. The summed E-state index contributed by atoms with van der Waals surface area (Å²) in [5.41, 5.74) is 2.91. The fourth-order valence-electron chi connectivity index (χ4n) is 7.92. The monoisotopic (exact) mass is 696 g/mol. The van der Waals surface area contributed by atoms with Crippen LogP contribution in [0.4, 0.5) is 5.95 Å². The average molecular weight is 697 g/mol. The number of ether oxygens (including phenoxy) is 2. The lowest BCUT2D eigenvalue weighted by molar-refractivity contribution is -0.174. The molecule has 0 saturated heterocycles. The molecule has 2 aromatic carbocycles. The SMILES string of the molecule is Cc1cccc(C)c1-c1cc2nc(n1)NS(=O)(=O)c1cccc(c1)C(=O)N(C13CC(C1)C3c1ncc(OC(C)C)cn1)[C@H](CC(C)(C)C)CO2. The molecule has 8 rings (SSSR count). The van der Waals surface area contributed by atoms with Gasteiger partial charge in [0.15, 0.2) is 5.75 Å². The lowest BCUT2D eigenvalue weighted by Gasteiger charge is -2.72. The molecule has 1 amide bonds. The zero-order valence-corrected chi connectivity index (χ0v) is 30.4. The first kappa shape index (κ1) is 33.9. The van der Waals surface area contributed by atoms with Crippen LogP contribution in [0.25, 0.3) is 11.3 Å². The number of carbonyl (C=O) groups is 1. The van der Waals surface area contributed by atoms with E-state index in [9.17, 15) is 13.2 Å². The topological polar surface area (TPSA) is 136 Å². The standard InChI is InChI=1S/C38H44N6O5S/c1-22(2)49-28-19-39-34(40-20-28)33-26-16-38(33,17-26)44-27(18-37(5,6)7)21-48-31-15-30(32-23(3)10-8-11-24(32)4)41-36(42-31)43-50(46,47)29-13-9-12-25(14-29)35(44)45/h8-15,19-20,22,26-27,33H,16-18,21H2,1-7H3,(H,41,42,43)/t26?,27-,33?,38?/m1/s1. The van der Waals surface area contributed by atoms with Crippen LogP contribution in [0.1, 0.15) is 87.1 Å². The van der Waals surface area contributed by atoms with E-state index in [4.69, 9.17) is 19.4 Å². The van der Waals surface area contributed by atoms with E-state index >= 15 is 0 Å². The number of benzene rings is 2. The summed E-state index contributed by atoms with van der Waals surface area (Å²) in [5, 5.41) is 0. The Kier molecular flexibility index (Phi) is 8.36. The van der Waals surface area contributed by atoms with Crippen molar-refractivity contribution in [1.82, 2.24) is 24.8 Å². The van der Waals surface area contributed by atoms with Gasteiger partial charge in [-0.05, 0) is 87.6 Å². The molecule has 12 heteroatoms. The molecule has 262 valence electrons. The molecule has 0 radical (unpaired) electrons. The van der Waals surface area contributed by atoms with Gasteiger partial charge >= 0.3 is 0 Å². The molecule has 50 heavy (non-hydrogen) atoms. The van der Waals surface area contributed by atoms with Crippen molar-refractivity contribution in [2.45, 2.75) is 96.2 Å². The number of anilines is 1. The maximum absolute atomic E-state index is 14.9. The number of hydrogen-bond acceptors (Lipinski definition) is 9. The van der Waals surface area contributed by atoms with Gasteiger partial charge in [-0.3, -0.25) is 4.79 Å². The van der Waals surface area contributed by atoms with E-state index in [-0.39, 0.29) is 58.3 Å². The number of fused-ring (bicyclic) bond motifs is 4. The summed E-state index contributed by atoms with van der Waals surface area (Å²) in [7, 11) is -4.18. The van der Waals surface area contributed by atoms with E-state index in [0.717, 1.165) is 29.5 Å². The van der Waals surface area contributed by atoms with Gasteiger partial charge in [0, 0.05) is 23.1 Å². The maximum atomic E-state index is 14.9. The van der Waals surface area contributed by atoms with Crippen LogP contribution in [0.5, 0.6) is 11.6 Å². The number of aromatic nitrogens is 4. The van der Waals surface area contributed by atoms with Crippen molar-refractivity contribution in [2.24, 2.45) is 11.3 Å². The van der Waals surface area contributed by atoms with Gasteiger partial charge < -0.3 is 14.4 Å². The number of rotatable bonds is 6. The fraction of sp³-hybridized carbons (Fsp3) is 0.447. The lowest BCUT2D eigenvalue weighted by Crippen LogP contribution is -2.77. The Morgan fingerprint density at radius 2 is 1.70 bits per heavy atom. The van der Waals surface area contributed by atoms with Crippen LogP contribution < -0.4 is 14.2 Å². The summed E-state index contributed by atoms with van der Waals surface area (Å²) in [6.45, 7) is 14.5. The number of amides is 1. The van der Waals surface area contributed by atoms with Crippen molar-refractivity contribution in [3.8, 4) is 22.9 Å². The van der Waals surface area contributed by atoms with Crippen LogP contribution in [-0.2, 0) is 10.0 Å². The number of nitrogens with zero attached hydrogens (tertiary/aromatic N) is 5. The summed E-state index contributed by atoms with van der Waals surface area (Å²) < 4.78 is 42.5. The summed E-state index contributed by atoms with van der Waals surface area (Å²) in [6.07, 6.45) is 5.61. The fourth-order valence-corrected chi connectivity index (χ4v) is 8.91. The van der Waals surface area contributed by atoms with E-state index in [2.05, 4.69) is 35.5 Å². The molecular formula is C38H44N6O5S. The highest BCUT2D eigenvalue weighted by atomic mass is 32.2. The minimum Gasteiger partial charge on any atom is -0.488 e. The van der Waals surface area contributed by atoms with Gasteiger partial charge in [-0.25, -0.2) is 28.1 Å². The molecule has 4 aromatic rings. The van der Waals surface area contributed by atoms with Gasteiger partial charge in [-0.2, -0.15) is 4.98 Å². The molecule has 6 bridgehead atoms. The largest absolute Gasteiger partial charge is 0.488 e. The summed E-state index contributed by atoms with van der Waals surface area (Å²) >= 11 is 0. The third kappa shape index (κ3) is 6.18. The van der Waals surface area contributed by atoms with E-state index in [1.54, 1.807) is 30.6 Å². The molecule has 11 nitrogen and oxygen atoms in total. The predicted octanol–water partition coefficient (Wildman–Crippen LogP) is 6.72. The number of nitrogens with one attached hydrogen (secondary N) is 1. The van der Waals surface area contributed by atoms with Crippen LogP contribution in [0.15, 0.2) is 65.8 Å². The second kappa shape index (κ2) is 12.3. The van der Waals surface area contributed by atoms with E-state index in [0.29, 0.717) is 29.6 Å². The molecule has 3 fully saturated rings. The smallest absolute Gasteiger partial charge is 0.264 e. The van der Waals surface area contributed by atoms with Crippen molar-refractivity contribution in [3.05, 3.63) is 83.4 Å². The summed E-state index contributed by atoms with van der Waals surface area (Å²) in [5.74, 6) is 1.38. The molecule has 1 N–H and O–H groups in total. The predicted molar refractivity (Wildman–Crippen MR) is 190 cm³/mol. The zero-order valence-electron chi connectivity index (χ0n) is 29.6. The molecule has 4 aliphatic rings. The molecule has 3 heterocycles. The molecule has 1 aliphatic heterocycles. The van der Waals surface area contributed by atoms with Crippen LogP contribution in [0.2, 0.25) is 0 Å². The third-order valence-electron chi connectivity index (χ3n) is 9.97. The van der Waals surface area contributed by atoms with Crippen molar-refractivity contribution in [2.75, 3.05) is 11.3 Å². The van der Waals surface area contributed by atoms with Gasteiger partial charge in [0.2, 0.25) is 11.8 Å². The average Bonchev–Trinajstić information content (AvgIpc) is 3.00. The van der Waals surface area contributed by atoms with Crippen LogP contribution in [0, 0.1) is 25.2 Å². The van der Waals surface area contributed by atoms with Crippen molar-refractivity contribution < 1.29 is 22.7 Å². The minimum absolute atomic E-state index is 0.00669. The molecule has 2 aromatic heterocycles. The summed E-state index contributed by atoms with van der Waals surface area (Å²) in [4.78, 5) is 35.4. The quantitative estimate of drug-likeness (QED) is 0.233. The molecule has 1 unspecified atom stereocenters. The van der Waals surface area contributed by atoms with Gasteiger partial charge in [0.1, 0.15) is 12.4 Å². The number of carbonyl (C=O) groups excluding carboxylic acids is 1. The van der Waals surface area contributed by atoms with Crippen LogP contribution in [-0.4, -0.2) is 63.5 Å². The van der Waals surface area contributed by atoms with Gasteiger partial charge in [0.25, 0.3) is 15.9 Å². The first-order valence-electron chi connectivity index (χ1n) is 17.2. The highest BCUT2D eigenvalue weighted by Crippen LogP contribution is 2.69. The van der Waals surface area contributed by atoms with Gasteiger partial charge in [0.05, 0.1) is 40.7 Å². The van der Waals surface area contributed by atoms with Crippen LogP contribution in [0.3, 0.4) is 0 Å². The normalized spacial score (nSPS) is 24.0. The number of hydrogen-bond donors (Lipinski definition) is 1. The second-order valence-electron chi connectivity index (χ2n) is 15.4. The Labute approximate surface area is 293 Å². The molecule has 3 aliphatic carbocycles. The highest BCUT2D eigenvalue weighted by Gasteiger charge is 2.71. The molecule has 3 saturated carbocycles. The Bertz CT molecular complexity index is 2030. The second-order valence-corrected chi connectivity index (χ2v) is 17.1. The first-order chi connectivity index (χ1) is 23.6. The Morgan fingerprint density at radius 3 is 2.32 bits per heavy atom. The Morgan fingerprint density at radius 1 is 1.02 bits per heavy atom. The highest BCUT2D eigenvalue weighted by molar-refractivity contribution is 7.92. The maximum Gasteiger partial charge on any atom is 0.264 e. The summed E-state index contributed by atoms with van der Waals surface area (Å²) in [6, 6.07) is 13.5. The van der Waals surface area contributed by atoms with Crippen LogP contribution >= 0.6 is 0 Å². The zero-order chi connectivity index (χ0) is 35.6. The third-order valence-corrected chi connectivity index (χ3v) is 11.3. The minimum atomic E-state index is -4.18. The van der Waals surface area contributed by atoms with Gasteiger partial charge in [-0.1, -0.05) is 45.0 Å². The first-order valence-corrected chi connectivity index (χ1v) is 18.7. The van der Waals surface area contributed by atoms with Crippen molar-refractivity contribution in [3.63, 3.8) is 0 Å². The van der Waals surface area contributed by atoms with E-state index < -0.39 is 15.6 Å². The number of sulfonamides is 1. The van der Waals surface area contributed by atoms with E-state index in [1.165, 1.54) is 12.1 Å². The van der Waals surface area contributed by atoms with Crippen molar-refractivity contribution >= 4 is 21.9 Å².